The lowest BCUT2D eigenvalue weighted by molar-refractivity contribution is 0.0695. The second-order valence-electron chi connectivity index (χ2n) is 10.3. The van der Waals surface area contributed by atoms with Crippen molar-refractivity contribution in [1.82, 2.24) is 25.2 Å². The van der Waals surface area contributed by atoms with Crippen molar-refractivity contribution in [1.29, 1.82) is 0 Å². The molecule has 0 saturated carbocycles. The van der Waals surface area contributed by atoms with E-state index in [0.29, 0.717) is 29.5 Å². The maximum Gasteiger partial charge on any atom is 0.335 e. The molecule has 11 heteroatoms. The van der Waals surface area contributed by atoms with Crippen LogP contribution in [0.15, 0.2) is 72.9 Å². The number of carboxylic acids is 1. The van der Waals surface area contributed by atoms with Gasteiger partial charge in [-0.05, 0) is 65.8 Å². The number of hydrogen-bond acceptors (Lipinski definition) is 5. The van der Waals surface area contributed by atoms with Crippen LogP contribution in [0.4, 0.5) is 8.78 Å². The molecular weight excluding hydrogens is 556 g/mol. The van der Waals surface area contributed by atoms with Gasteiger partial charge in [0.1, 0.15) is 11.4 Å². The Balaban J connectivity index is 1.34. The van der Waals surface area contributed by atoms with Gasteiger partial charge >= 0.3 is 5.97 Å². The third kappa shape index (κ3) is 5.21. The van der Waals surface area contributed by atoms with Crippen LogP contribution in [0, 0.1) is 18.6 Å². The number of aromatic nitrogens is 3. The molecule has 1 aliphatic rings. The number of benzene rings is 3. The van der Waals surface area contributed by atoms with Crippen molar-refractivity contribution in [3.63, 3.8) is 0 Å². The van der Waals surface area contributed by atoms with Gasteiger partial charge in [-0.15, -0.1) is 0 Å². The molecule has 2 amide bonds. The van der Waals surface area contributed by atoms with Gasteiger partial charge in [0.15, 0.2) is 17.3 Å². The Morgan fingerprint density at radius 2 is 1.79 bits per heavy atom. The highest BCUT2D eigenvalue weighted by Crippen LogP contribution is 2.35. The molecule has 5 aromatic rings. The van der Waals surface area contributed by atoms with Crippen LogP contribution in [-0.2, 0) is 13.0 Å². The van der Waals surface area contributed by atoms with Gasteiger partial charge in [-0.3, -0.25) is 9.59 Å². The van der Waals surface area contributed by atoms with Crippen LogP contribution in [0.25, 0.3) is 16.8 Å². The molecule has 0 fully saturated rings. The third-order valence-corrected chi connectivity index (χ3v) is 7.69. The largest absolute Gasteiger partial charge is 0.478 e. The van der Waals surface area contributed by atoms with Crippen LogP contribution < -0.4 is 10.6 Å². The topological polar surface area (TPSA) is 126 Å². The van der Waals surface area contributed by atoms with Gasteiger partial charge in [0.05, 0.1) is 17.8 Å². The van der Waals surface area contributed by atoms with E-state index in [4.69, 9.17) is 0 Å². The molecule has 2 heterocycles. The van der Waals surface area contributed by atoms with Gasteiger partial charge in [0.2, 0.25) is 0 Å². The van der Waals surface area contributed by atoms with Crippen molar-refractivity contribution in [2.24, 2.45) is 0 Å². The van der Waals surface area contributed by atoms with Crippen molar-refractivity contribution in [2.45, 2.75) is 32.4 Å². The summed E-state index contributed by atoms with van der Waals surface area (Å²) in [5, 5.41) is 19.6. The average Bonchev–Trinajstić information content (AvgIpc) is 3.62. The van der Waals surface area contributed by atoms with Crippen LogP contribution in [0.3, 0.4) is 0 Å². The van der Waals surface area contributed by atoms with Gasteiger partial charge in [-0.1, -0.05) is 42.5 Å². The van der Waals surface area contributed by atoms with Crippen LogP contribution >= 0.6 is 0 Å². The van der Waals surface area contributed by atoms with Gasteiger partial charge in [-0.25, -0.2) is 23.1 Å². The standard InChI is InChI=1S/C32H25F2N5O4/c1-17-20-10-12-26(22(20)9-8-21(17)32(42)43)38-31(41)28-14-27(30(40)35-15-18-7-11-24(33)25(34)13-18)37-29-23(16-36-39(28)29)19-5-3-2-4-6-19/h2-9,11,13-14,16,26H,10,12,15H2,1H3,(H,35,40)(H,38,41)(H,42,43)/t26-/m0/s1. The predicted octanol–water partition coefficient (Wildman–Crippen LogP) is 5.03. The minimum Gasteiger partial charge on any atom is -0.478 e. The van der Waals surface area contributed by atoms with Crippen LogP contribution in [-0.4, -0.2) is 37.5 Å². The van der Waals surface area contributed by atoms with E-state index in [1.807, 2.05) is 30.3 Å². The number of carbonyl (C=O) groups excluding carboxylic acids is 2. The van der Waals surface area contributed by atoms with E-state index >= 15 is 0 Å². The molecule has 1 atom stereocenters. The fourth-order valence-electron chi connectivity index (χ4n) is 5.48. The minimum absolute atomic E-state index is 0.0633. The summed E-state index contributed by atoms with van der Waals surface area (Å²) in [6.07, 6.45) is 2.75. The first kappa shape index (κ1) is 27.7. The zero-order chi connectivity index (χ0) is 30.2. The molecule has 9 nitrogen and oxygen atoms in total. The van der Waals surface area contributed by atoms with E-state index in [2.05, 4.69) is 20.7 Å². The Labute approximate surface area is 244 Å². The summed E-state index contributed by atoms with van der Waals surface area (Å²) in [6.45, 7) is 1.67. The molecule has 0 bridgehead atoms. The second kappa shape index (κ2) is 11.1. The first-order chi connectivity index (χ1) is 20.7. The van der Waals surface area contributed by atoms with E-state index < -0.39 is 29.4 Å². The summed E-state index contributed by atoms with van der Waals surface area (Å²) < 4.78 is 28.4. The number of amides is 2. The zero-order valence-electron chi connectivity index (χ0n) is 22.9. The lowest BCUT2D eigenvalue weighted by Crippen LogP contribution is -2.30. The number of fused-ring (bicyclic) bond motifs is 2. The van der Waals surface area contributed by atoms with E-state index in [1.54, 1.807) is 25.3 Å². The number of nitrogens with one attached hydrogen (secondary N) is 2. The maximum absolute atomic E-state index is 13.8. The summed E-state index contributed by atoms with van der Waals surface area (Å²) in [7, 11) is 0. The van der Waals surface area contributed by atoms with E-state index in [9.17, 15) is 28.3 Å². The number of rotatable bonds is 7. The first-order valence-electron chi connectivity index (χ1n) is 13.5. The van der Waals surface area contributed by atoms with Crippen LogP contribution in [0.2, 0.25) is 0 Å². The molecule has 0 radical (unpaired) electrons. The van der Waals surface area contributed by atoms with Crippen molar-refractivity contribution in [3.05, 3.63) is 124 Å². The minimum atomic E-state index is -1.03. The molecule has 2 aromatic heterocycles. The van der Waals surface area contributed by atoms with Crippen molar-refractivity contribution >= 4 is 23.4 Å². The Kier molecular flexibility index (Phi) is 7.14. The van der Waals surface area contributed by atoms with Gasteiger partial charge in [0, 0.05) is 18.2 Å². The molecule has 1 aliphatic carbocycles. The Bertz CT molecular complexity index is 1920. The lowest BCUT2D eigenvalue weighted by atomic mass is 9.98. The Morgan fingerprint density at radius 1 is 1.00 bits per heavy atom. The van der Waals surface area contributed by atoms with Crippen molar-refractivity contribution < 1.29 is 28.3 Å². The number of aromatic carboxylic acids is 1. The molecule has 3 N–H and O–H groups in total. The number of carboxylic acid groups (broad SMARTS) is 1. The number of nitrogens with zero attached hydrogens (tertiary/aromatic N) is 3. The monoisotopic (exact) mass is 581 g/mol. The highest BCUT2D eigenvalue weighted by Gasteiger charge is 2.29. The molecule has 6 rings (SSSR count). The highest BCUT2D eigenvalue weighted by atomic mass is 19.2. The van der Waals surface area contributed by atoms with E-state index in [1.165, 1.54) is 16.6 Å². The Morgan fingerprint density at radius 3 is 2.53 bits per heavy atom. The number of carbonyl (C=O) groups is 3. The predicted molar refractivity (Wildman–Crippen MR) is 153 cm³/mol. The molecule has 3 aromatic carbocycles. The fourth-order valence-corrected chi connectivity index (χ4v) is 5.48. The van der Waals surface area contributed by atoms with Crippen molar-refractivity contribution in [2.75, 3.05) is 0 Å². The number of halogens is 2. The SMILES string of the molecule is Cc1c(C(=O)O)ccc2c1CC[C@@H]2NC(=O)c1cc(C(=O)NCc2ccc(F)c(F)c2)nc2c(-c3ccccc3)cnn12. The summed E-state index contributed by atoms with van der Waals surface area (Å²) in [5.41, 5.74) is 4.66. The van der Waals surface area contributed by atoms with Crippen LogP contribution in [0.1, 0.15) is 66.1 Å². The molecule has 0 unspecified atom stereocenters. The lowest BCUT2D eigenvalue weighted by Gasteiger charge is -2.16. The summed E-state index contributed by atoms with van der Waals surface area (Å²) >= 11 is 0. The number of hydrogen-bond donors (Lipinski definition) is 3. The quantitative estimate of drug-likeness (QED) is 0.248. The molecule has 0 spiro atoms. The molecule has 216 valence electrons. The average molecular weight is 582 g/mol. The van der Waals surface area contributed by atoms with Gasteiger partial charge in [-0.2, -0.15) is 5.10 Å². The molecule has 0 saturated heterocycles. The summed E-state index contributed by atoms with van der Waals surface area (Å²) in [5.74, 6) is -4.14. The summed E-state index contributed by atoms with van der Waals surface area (Å²) in [4.78, 5) is 43.1. The van der Waals surface area contributed by atoms with E-state index in [0.717, 1.165) is 28.8 Å². The molecule has 43 heavy (non-hydrogen) atoms. The zero-order valence-corrected chi connectivity index (χ0v) is 22.9. The van der Waals surface area contributed by atoms with Crippen LogP contribution in [0.5, 0.6) is 0 Å². The maximum atomic E-state index is 13.8. The normalized spacial score (nSPS) is 14.0. The summed E-state index contributed by atoms with van der Waals surface area (Å²) in [6, 6.07) is 16.8. The second-order valence-corrected chi connectivity index (χ2v) is 10.3. The third-order valence-electron chi connectivity index (χ3n) is 7.69. The first-order valence-corrected chi connectivity index (χ1v) is 13.5. The Hall–Kier alpha value is -5.45. The van der Waals surface area contributed by atoms with Gasteiger partial charge < -0.3 is 15.7 Å². The van der Waals surface area contributed by atoms with E-state index in [-0.39, 0.29) is 35.2 Å². The fraction of sp³-hybridized carbons (Fsp3) is 0.156. The molecule has 0 aliphatic heterocycles. The molecular formula is C32H25F2N5O4. The van der Waals surface area contributed by atoms with Gasteiger partial charge in [0.25, 0.3) is 11.8 Å². The highest BCUT2D eigenvalue weighted by molar-refractivity contribution is 5.99. The van der Waals surface area contributed by atoms with Crippen molar-refractivity contribution in [3.8, 4) is 11.1 Å². The smallest absolute Gasteiger partial charge is 0.335 e.